The Morgan fingerprint density at radius 3 is 2.46 bits per heavy atom. The Labute approximate surface area is 164 Å². The van der Waals surface area contributed by atoms with Crippen molar-refractivity contribution in [1.82, 2.24) is 20.2 Å². The van der Waals surface area contributed by atoms with Gasteiger partial charge in [0.25, 0.3) is 5.91 Å². The number of amides is 1. The fourth-order valence-corrected chi connectivity index (χ4v) is 3.25. The molecule has 0 radical (unpaired) electrons. The number of carbonyl (C=O) groups is 1. The van der Waals surface area contributed by atoms with Crippen LogP contribution in [0.3, 0.4) is 0 Å². The average Bonchev–Trinajstić information content (AvgIpc) is 3.09. The standard InChI is InChI=1S/C19H17F2N5OS/c1-12(17-15(20)4-3-5-16(17)21)23-24-18(27)14-8-6-13(7-9-14)10-28-19-25-22-11-26(19)2/h3-9,11H,10H2,1-2H3,(H,24,27)/b23-12-. The molecule has 1 N–H and O–H groups in total. The number of thioether (sulfide) groups is 1. The molecule has 0 aliphatic rings. The number of benzene rings is 2. The summed E-state index contributed by atoms with van der Waals surface area (Å²) in [5.74, 6) is -1.26. The van der Waals surface area contributed by atoms with Crippen molar-refractivity contribution in [3.63, 3.8) is 0 Å². The van der Waals surface area contributed by atoms with Gasteiger partial charge in [-0.2, -0.15) is 5.10 Å². The predicted molar refractivity (Wildman–Crippen MR) is 103 cm³/mol. The average molecular weight is 401 g/mol. The van der Waals surface area contributed by atoms with E-state index in [1.165, 1.54) is 24.8 Å². The first-order valence-corrected chi connectivity index (χ1v) is 9.29. The molecule has 6 nitrogen and oxygen atoms in total. The SMILES string of the molecule is C/C(=N/NC(=O)c1ccc(CSc2nncn2C)cc1)c1c(F)cccc1F. The van der Waals surface area contributed by atoms with Crippen LogP contribution in [0.25, 0.3) is 0 Å². The second kappa shape index (κ2) is 8.75. The lowest BCUT2D eigenvalue weighted by Gasteiger charge is -2.06. The highest BCUT2D eigenvalue weighted by molar-refractivity contribution is 7.98. The molecule has 0 bridgehead atoms. The van der Waals surface area contributed by atoms with Crippen molar-refractivity contribution < 1.29 is 13.6 Å². The molecule has 28 heavy (non-hydrogen) atoms. The zero-order chi connectivity index (χ0) is 20.1. The van der Waals surface area contributed by atoms with E-state index in [0.717, 1.165) is 22.9 Å². The van der Waals surface area contributed by atoms with Crippen LogP contribution in [0.15, 0.2) is 59.0 Å². The molecule has 0 aliphatic heterocycles. The number of aromatic nitrogens is 3. The molecule has 1 heterocycles. The van der Waals surface area contributed by atoms with Crippen LogP contribution in [0.1, 0.15) is 28.4 Å². The van der Waals surface area contributed by atoms with Gasteiger partial charge in [-0.05, 0) is 36.8 Å². The second-order valence-corrected chi connectivity index (χ2v) is 6.89. The molecule has 1 aromatic heterocycles. The van der Waals surface area contributed by atoms with Crippen molar-refractivity contribution in [2.45, 2.75) is 17.8 Å². The van der Waals surface area contributed by atoms with E-state index in [9.17, 15) is 13.6 Å². The summed E-state index contributed by atoms with van der Waals surface area (Å²) in [5, 5.41) is 12.4. The van der Waals surface area contributed by atoms with Crippen LogP contribution < -0.4 is 5.43 Å². The molecule has 2 aromatic carbocycles. The first-order chi connectivity index (χ1) is 13.5. The maximum Gasteiger partial charge on any atom is 0.271 e. The number of aryl methyl sites for hydroxylation is 1. The topological polar surface area (TPSA) is 72.2 Å². The molecule has 1 amide bonds. The highest BCUT2D eigenvalue weighted by atomic mass is 32.2. The van der Waals surface area contributed by atoms with Gasteiger partial charge in [0, 0.05) is 18.4 Å². The second-order valence-electron chi connectivity index (χ2n) is 5.94. The van der Waals surface area contributed by atoms with Crippen molar-refractivity contribution in [3.05, 3.63) is 77.1 Å². The summed E-state index contributed by atoms with van der Waals surface area (Å²) in [6, 6.07) is 10.5. The summed E-state index contributed by atoms with van der Waals surface area (Å²) < 4.78 is 29.3. The molecule has 144 valence electrons. The van der Waals surface area contributed by atoms with E-state index in [1.54, 1.807) is 18.5 Å². The van der Waals surface area contributed by atoms with E-state index in [1.807, 2.05) is 23.7 Å². The third kappa shape index (κ3) is 4.61. The van der Waals surface area contributed by atoms with Crippen LogP contribution in [0.5, 0.6) is 0 Å². The van der Waals surface area contributed by atoms with Crippen molar-refractivity contribution in [1.29, 1.82) is 0 Å². The summed E-state index contributed by atoms with van der Waals surface area (Å²) in [6.45, 7) is 1.43. The molecule has 9 heteroatoms. The zero-order valence-electron chi connectivity index (χ0n) is 15.2. The first-order valence-electron chi connectivity index (χ1n) is 8.30. The summed E-state index contributed by atoms with van der Waals surface area (Å²) in [4.78, 5) is 12.2. The number of nitrogens with zero attached hydrogens (tertiary/aromatic N) is 4. The lowest BCUT2D eigenvalue weighted by Crippen LogP contribution is -2.20. The smallest absolute Gasteiger partial charge is 0.271 e. The molecule has 3 rings (SSSR count). The number of halogens is 2. The lowest BCUT2D eigenvalue weighted by molar-refractivity contribution is 0.0955. The van der Waals surface area contributed by atoms with Crippen LogP contribution in [0, 0.1) is 11.6 Å². The zero-order valence-corrected chi connectivity index (χ0v) is 16.0. The minimum Gasteiger partial charge on any atom is -0.312 e. The normalized spacial score (nSPS) is 11.5. The Morgan fingerprint density at radius 2 is 1.86 bits per heavy atom. The molecule has 0 spiro atoms. The van der Waals surface area contributed by atoms with Gasteiger partial charge in [0.2, 0.25) is 0 Å². The molecular weight excluding hydrogens is 384 g/mol. The van der Waals surface area contributed by atoms with Crippen LogP contribution in [-0.4, -0.2) is 26.4 Å². The maximum absolute atomic E-state index is 13.7. The van der Waals surface area contributed by atoms with Gasteiger partial charge in [-0.15, -0.1) is 10.2 Å². The fourth-order valence-electron chi connectivity index (χ4n) is 2.40. The third-order valence-electron chi connectivity index (χ3n) is 3.90. The Morgan fingerprint density at radius 1 is 1.18 bits per heavy atom. The third-order valence-corrected chi connectivity index (χ3v) is 5.01. The number of nitrogens with one attached hydrogen (secondary N) is 1. The number of rotatable bonds is 6. The van der Waals surface area contributed by atoms with E-state index in [0.29, 0.717) is 11.3 Å². The Hall–Kier alpha value is -3.07. The molecule has 0 atom stereocenters. The van der Waals surface area contributed by atoms with Gasteiger partial charge in [0.1, 0.15) is 18.0 Å². The van der Waals surface area contributed by atoms with E-state index in [2.05, 4.69) is 20.7 Å². The molecule has 3 aromatic rings. The van der Waals surface area contributed by atoms with Gasteiger partial charge in [0.05, 0.1) is 11.3 Å². The summed E-state index contributed by atoms with van der Waals surface area (Å²) in [7, 11) is 1.87. The lowest BCUT2D eigenvalue weighted by atomic mass is 10.1. The van der Waals surface area contributed by atoms with Gasteiger partial charge in [0.15, 0.2) is 5.16 Å². The van der Waals surface area contributed by atoms with Gasteiger partial charge in [-0.3, -0.25) is 4.79 Å². The summed E-state index contributed by atoms with van der Waals surface area (Å²) in [5.41, 5.74) is 3.50. The fraction of sp³-hybridized carbons (Fsp3) is 0.158. The minimum atomic E-state index is -0.736. The molecule has 0 saturated heterocycles. The maximum atomic E-state index is 13.7. The highest BCUT2D eigenvalue weighted by Crippen LogP contribution is 2.20. The van der Waals surface area contributed by atoms with Gasteiger partial charge >= 0.3 is 0 Å². The minimum absolute atomic E-state index is 0.0423. The van der Waals surface area contributed by atoms with Gasteiger partial charge in [-0.25, -0.2) is 14.2 Å². The molecular formula is C19H17F2N5OS. The largest absolute Gasteiger partial charge is 0.312 e. The first kappa shape index (κ1) is 19.7. The van der Waals surface area contributed by atoms with Crippen molar-refractivity contribution in [2.75, 3.05) is 0 Å². The van der Waals surface area contributed by atoms with Gasteiger partial charge < -0.3 is 4.57 Å². The van der Waals surface area contributed by atoms with Crippen LogP contribution in [0.4, 0.5) is 8.78 Å². The number of carbonyl (C=O) groups excluding carboxylic acids is 1. The number of hydrazone groups is 1. The van der Waals surface area contributed by atoms with E-state index in [4.69, 9.17) is 0 Å². The molecule has 0 fully saturated rings. The summed E-state index contributed by atoms with van der Waals surface area (Å²) >= 11 is 1.53. The summed E-state index contributed by atoms with van der Waals surface area (Å²) in [6.07, 6.45) is 1.63. The van der Waals surface area contributed by atoms with Crippen LogP contribution in [0.2, 0.25) is 0 Å². The Bertz CT molecular complexity index is 997. The van der Waals surface area contributed by atoms with Crippen LogP contribution in [-0.2, 0) is 12.8 Å². The van der Waals surface area contributed by atoms with E-state index < -0.39 is 17.5 Å². The van der Waals surface area contributed by atoms with Gasteiger partial charge in [-0.1, -0.05) is 30.0 Å². The highest BCUT2D eigenvalue weighted by Gasteiger charge is 2.12. The van der Waals surface area contributed by atoms with Crippen molar-refractivity contribution in [3.8, 4) is 0 Å². The molecule has 0 unspecified atom stereocenters. The Kier molecular flexibility index (Phi) is 6.15. The molecule has 0 aliphatic carbocycles. The predicted octanol–water partition coefficient (Wildman–Crippen LogP) is 3.54. The monoisotopic (exact) mass is 401 g/mol. The quantitative estimate of drug-likeness (QED) is 0.390. The Balaban J connectivity index is 1.62. The van der Waals surface area contributed by atoms with Crippen LogP contribution >= 0.6 is 11.8 Å². The number of hydrogen-bond donors (Lipinski definition) is 1. The molecule has 0 saturated carbocycles. The number of hydrogen-bond acceptors (Lipinski definition) is 5. The van der Waals surface area contributed by atoms with Crippen molar-refractivity contribution in [2.24, 2.45) is 12.1 Å². The van der Waals surface area contributed by atoms with E-state index >= 15 is 0 Å². The van der Waals surface area contributed by atoms with Crippen molar-refractivity contribution >= 4 is 23.4 Å². The van der Waals surface area contributed by atoms with E-state index in [-0.39, 0.29) is 11.3 Å².